The van der Waals surface area contributed by atoms with Crippen molar-refractivity contribution in [2.24, 2.45) is 5.92 Å². The van der Waals surface area contributed by atoms with Crippen LogP contribution in [-0.4, -0.2) is 39.0 Å². The van der Waals surface area contributed by atoms with Gasteiger partial charge in [0.05, 0.1) is 5.02 Å². The van der Waals surface area contributed by atoms with Gasteiger partial charge in [0.15, 0.2) is 0 Å². The molecule has 1 aliphatic rings. The second-order valence-corrected chi connectivity index (χ2v) is 8.16. The molecule has 0 aromatic heterocycles. The van der Waals surface area contributed by atoms with Crippen LogP contribution in [0.3, 0.4) is 0 Å². The van der Waals surface area contributed by atoms with Gasteiger partial charge in [-0.1, -0.05) is 18.5 Å². The first-order valence-electron chi connectivity index (χ1n) is 7.48. The number of benzene rings is 1. The van der Waals surface area contributed by atoms with E-state index in [-0.39, 0.29) is 16.0 Å². The van der Waals surface area contributed by atoms with E-state index in [1.807, 2.05) is 6.92 Å². The quantitative estimate of drug-likeness (QED) is 0.890. The molecule has 7 heteroatoms. The van der Waals surface area contributed by atoms with Crippen LogP contribution in [0.1, 0.15) is 26.7 Å². The third-order valence-corrected chi connectivity index (χ3v) is 5.97. The predicted octanol–water partition coefficient (Wildman–Crippen LogP) is 2.88. The second kappa shape index (κ2) is 7.25. The van der Waals surface area contributed by atoms with Crippen LogP contribution in [0.15, 0.2) is 23.1 Å². The van der Waals surface area contributed by atoms with Crippen molar-refractivity contribution in [1.82, 2.24) is 9.62 Å². The second-order valence-electron chi connectivity index (χ2n) is 6.02. The molecule has 0 amide bonds. The Kier molecular flexibility index (Phi) is 5.82. The van der Waals surface area contributed by atoms with Gasteiger partial charge in [0.2, 0.25) is 10.0 Å². The molecular formula is C15H22ClFN2O2S. The largest absolute Gasteiger partial charge is 0.299 e. The maximum atomic E-state index is 13.0. The van der Waals surface area contributed by atoms with Crippen LogP contribution in [0, 0.1) is 11.7 Å². The van der Waals surface area contributed by atoms with E-state index >= 15 is 0 Å². The van der Waals surface area contributed by atoms with Gasteiger partial charge in [0.1, 0.15) is 10.7 Å². The summed E-state index contributed by atoms with van der Waals surface area (Å²) in [5, 5.41) is -0.105. The summed E-state index contributed by atoms with van der Waals surface area (Å²) < 4.78 is 40.2. The van der Waals surface area contributed by atoms with Crippen molar-refractivity contribution in [2.45, 2.75) is 37.6 Å². The number of halogens is 2. The third kappa shape index (κ3) is 4.41. The van der Waals surface area contributed by atoms with Crippen molar-refractivity contribution in [1.29, 1.82) is 0 Å². The summed E-state index contributed by atoms with van der Waals surface area (Å²) in [4.78, 5) is 2.21. The highest BCUT2D eigenvalue weighted by molar-refractivity contribution is 7.89. The van der Waals surface area contributed by atoms with Crippen LogP contribution in [0.4, 0.5) is 4.39 Å². The molecule has 1 aromatic carbocycles. The Morgan fingerprint density at radius 2 is 2.23 bits per heavy atom. The van der Waals surface area contributed by atoms with E-state index in [1.165, 1.54) is 12.5 Å². The zero-order valence-corrected chi connectivity index (χ0v) is 14.4. The number of nitrogens with one attached hydrogen (secondary N) is 1. The number of sulfonamides is 1. The van der Waals surface area contributed by atoms with E-state index in [0.717, 1.165) is 31.6 Å². The summed E-state index contributed by atoms with van der Waals surface area (Å²) >= 11 is 5.83. The fourth-order valence-corrected chi connectivity index (χ4v) is 4.41. The fraction of sp³-hybridized carbons (Fsp3) is 0.600. The van der Waals surface area contributed by atoms with Gasteiger partial charge in [-0.3, -0.25) is 4.90 Å². The van der Waals surface area contributed by atoms with Crippen molar-refractivity contribution >= 4 is 21.6 Å². The number of likely N-dealkylation sites (tertiary alicyclic amines) is 1. The number of piperidine rings is 1. The van der Waals surface area contributed by atoms with Crippen LogP contribution in [-0.2, 0) is 10.0 Å². The van der Waals surface area contributed by atoms with Gasteiger partial charge < -0.3 is 0 Å². The number of hydrogen-bond acceptors (Lipinski definition) is 3. The summed E-state index contributed by atoms with van der Waals surface area (Å²) in [5.41, 5.74) is 0. The molecule has 1 saturated heterocycles. The number of rotatable bonds is 5. The molecule has 1 aliphatic heterocycles. The molecule has 2 atom stereocenters. The standard InChI is InChI=1S/C15H22ClFN2O2S/c1-11-4-3-7-19(10-11)12(2)9-18-22(20,21)15-6-5-13(17)8-14(15)16/h5-6,8,11-12,18H,3-4,7,9-10H2,1-2H3/t11-,12+/m1/s1. The van der Waals surface area contributed by atoms with Crippen LogP contribution < -0.4 is 4.72 Å². The highest BCUT2D eigenvalue weighted by atomic mass is 35.5. The Balaban J connectivity index is 2.00. The Bertz CT molecular complexity index is 624. The van der Waals surface area contributed by atoms with Crippen molar-refractivity contribution in [2.75, 3.05) is 19.6 Å². The Hall–Kier alpha value is -0.690. The van der Waals surface area contributed by atoms with E-state index in [0.29, 0.717) is 12.5 Å². The summed E-state index contributed by atoms with van der Waals surface area (Å²) in [5.74, 6) is 0.0824. The molecule has 2 rings (SSSR count). The minimum absolute atomic E-state index is 0.0882. The Morgan fingerprint density at radius 1 is 1.50 bits per heavy atom. The molecule has 0 unspecified atom stereocenters. The first kappa shape index (κ1) is 17.7. The number of hydrogen-bond donors (Lipinski definition) is 1. The minimum Gasteiger partial charge on any atom is -0.299 e. The van der Waals surface area contributed by atoms with Gasteiger partial charge in [-0.15, -0.1) is 0 Å². The predicted molar refractivity (Wildman–Crippen MR) is 86.0 cm³/mol. The molecule has 1 aromatic rings. The zero-order valence-electron chi connectivity index (χ0n) is 12.9. The van der Waals surface area contributed by atoms with Crippen molar-refractivity contribution in [3.8, 4) is 0 Å². The molecule has 124 valence electrons. The van der Waals surface area contributed by atoms with Gasteiger partial charge in [-0.05, 0) is 50.4 Å². The molecule has 0 aliphatic carbocycles. The molecule has 1 N–H and O–H groups in total. The SMILES string of the molecule is C[C@@H]1CCCN([C@@H](C)CNS(=O)(=O)c2ccc(F)cc2Cl)C1. The average Bonchev–Trinajstić information content (AvgIpc) is 2.44. The molecular weight excluding hydrogens is 327 g/mol. The molecule has 0 bridgehead atoms. The lowest BCUT2D eigenvalue weighted by Gasteiger charge is -2.35. The lowest BCUT2D eigenvalue weighted by Crippen LogP contribution is -2.46. The van der Waals surface area contributed by atoms with Crippen LogP contribution in [0.2, 0.25) is 5.02 Å². The number of nitrogens with zero attached hydrogens (tertiary/aromatic N) is 1. The van der Waals surface area contributed by atoms with Gasteiger partial charge in [0, 0.05) is 19.1 Å². The van der Waals surface area contributed by atoms with Gasteiger partial charge in [-0.25, -0.2) is 17.5 Å². The maximum absolute atomic E-state index is 13.0. The monoisotopic (exact) mass is 348 g/mol. The van der Waals surface area contributed by atoms with E-state index in [1.54, 1.807) is 0 Å². The smallest absolute Gasteiger partial charge is 0.242 e. The molecule has 0 spiro atoms. The van der Waals surface area contributed by atoms with Gasteiger partial charge in [-0.2, -0.15) is 0 Å². The van der Waals surface area contributed by atoms with Crippen LogP contribution in [0.5, 0.6) is 0 Å². The van der Waals surface area contributed by atoms with Crippen molar-refractivity contribution < 1.29 is 12.8 Å². The van der Waals surface area contributed by atoms with Crippen LogP contribution >= 0.6 is 11.6 Å². The summed E-state index contributed by atoms with van der Waals surface area (Å²) in [7, 11) is -3.73. The molecule has 4 nitrogen and oxygen atoms in total. The van der Waals surface area contributed by atoms with Crippen LogP contribution in [0.25, 0.3) is 0 Å². The lowest BCUT2D eigenvalue weighted by molar-refractivity contribution is 0.140. The highest BCUT2D eigenvalue weighted by Gasteiger charge is 2.24. The minimum atomic E-state index is -3.73. The fourth-order valence-electron chi connectivity index (χ4n) is 2.76. The molecule has 1 heterocycles. The van der Waals surface area contributed by atoms with Gasteiger partial charge in [0.25, 0.3) is 0 Å². The molecule has 0 radical (unpaired) electrons. The summed E-state index contributed by atoms with van der Waals surface area (Å²) in [6, 6.07) is 3.40. The Morgan fingerprint density at radius 3 is 2.86 bits per heavy atom. The molecule has 0 saturated carbocycles. The molecule has 1 fully saturated rings. The highest BCUT2D eigenvalue weighted by Crippen LogP contribution is 2.22. The first-order chi connectivity index (χ1) is 10.3. The first-order valence-corrected chi connectivity index (χ1v) is 9.34. The van der Waals surface area contributed by atoms with E-state index in [2.05, 4.69) is 16.5 Å². The zero-order chi connectivity index (χ0) is 16.3. The van der Waals surface area contributed by atoms with E-state index in [4.69, 9.17) is 11.6 Å². The summed E-state index contributed by atoms with van der Waals surface area (Å²) in [6.07, 6.45) is 2.36. The van der Waals surface area contributed by atoms with Gasteiger partial charge >= 0.3 is 0 Å². The topological polar surface area (TPSA) is 49.4 Å². The van der Waals surface area contributed by atoms with Crippen molar-refractivity contribution in [3.05, 3.63) is 29.0 Å². The Labute approximate surface area is 136 Å². The lowest BCUT2D eigenvalue weighted by atomic mass is 9.99. The third-order valence-electron chi connectivity index (χ3n) is 4.06. The molecule has 22 heavy (non-hydrogen) atoms. The maximum Gasteiger partial charge on any atom is 0.242 e. The normalized spacial score (nSPS) is 21.7. The summed E-state index contributed by atoms with van der Waals surface area (Å²) in [6.45, 7) is 6.50. The van der Waals surface area contributed by atoms with Crippen molar-refractivity contribution in [3.63, 3.8) is 0 Å². The average molecular weight is 349 g/mol. The van der Waals surface area contributed by atoms with E-state index < -0.39 is 15.8 Å². The van der Waals surface area contributed by atoms with E-state index in [9.17, 15) is 12.8 Å².